The lowest BCUT2D eigenvalue weighted by Crippen LogP contribution is -2.46. The van der Waals surface area contributed by atoms with Crippen LogP contribution in [0.5, 0.6) is 0 Å². The van der Waals surface area contributed by atoms with Crippen molar-refractivity contribution < 1.29 is 4.79 Å². The molecule has 1 saturated heterocycles. The number of carbonyl (C=O) groups is 1. The van der Waals surface area contributed by atoms with Crippen molar-refractivity contribution in [1.29, 1.82) is 0 Å². The summed E-state index contributed by atoms with van der Waals surface area (Å²) < 4.78 is 1.20. The van der Waals surface area contributed by atoms with Crippen molar-refractivity contribution in [3.05, 3.63) is 62.6 Å². The molecule has 2 aromatic heterocycles. The van der Waals surface area contributed by atoms with E-state index in [0.717, 1.165) is 38.3 Å². The van der Waals surface area contributed by atoms with E-state index in [-0.39, 0.29) is 17.2 Å². The number of rotatable bonds is 5. The van der Waals surface area contributed by atoms with Gasteiger partial charge in [-0.15, -0.1) is 0 Å². The van der Waals surface area contributed by atoms with Gasteiger partial charge in [-0.2, -0.15) is 0 Å². The number of benzene rings is 1. The third kappa shape index (κ3) is 4.19. The molecule has 0 radical (unpaired) electrons. The molecule has 1 amide bonds. The van der Waals surface area contributed by atoms with E-state index >= 15 is 0 Å². The summed E-state index contributed by atoms with van der Waals surface area (Å²) in [5.41, 5.74) is 1.40. The number of piperazine rings is 1. The first-order chi connectivity index (χ1) is 15.0. The minimum atomic E-state index is -0.381. The number of nitrogens with zero attached hydrogens (tertiary/aromatic N) is 5. The average Bonchev–Trinajstić information content (AvgIpc) is 2.79. The van der Waals surface area contributed by atoms with Crippen LogP contribution < -0.4 is 21.5 Å². The maximum atomic E-state index is 12.4. The van der Waals surface area contributed by atoms with E-state index in [1.54, 1.807) is 20.0 Å². The molecular formula is C21H25N7O3. The van der Waals surface area contributed by atoms with Crippen LogP contribution in [0, 0.1) is 0 Å². The van der Waals surface area contributed by atoms with Crippen molar-refractivity contribution in [1.82, 2.24) is 29.7 Å². The van der Waals surface area contributed by atoms with Gasteiger partial charge in [0.2, 0.25) is 5.95 Å². The number of aromatic nitrogens is 4. The molecule has 1 aromatic carbocycles. The van der Waals surface area contributed by atoms with Crippen molar-refractivity contribution >= 4 is 22.8 Å². The Balaban J connectivity index is 1.42. The molecule has 3 aromatic rings. The Morgan fingerprint density at radius 1 is 1.13 bits per heavy atom. The Bertz CT molecular complexity index is 1210. The van der Waals surface area contributed by atoms with E-state index in [9.17, 15) is 14.4 Å². The molecule has 3 heterocycles. The molecule has 1 fully saturated rings. The first-order valence-electron chi connectivity index (χ1n) is 10.3. The summed E-state index contributed by atoms with van der Waals surface area (Å²) in [5, 5.41) is 3.08. The normalized spacial score (nSPS) is 14.7. The van der Waals surface area contributed by atoms with Crippen LogP contribution in [0.15, 0.2) is 40.2 Å². The summed E-state index contributed by atoms with van der Waals surface area (Å²) >= 11 is 0. The molecule has 10 nitrogen and oxygen atoms in total. The highest BCUT2D eigenvalue weighted by Gasteiger charge is 2.20. The molecular weight excluding hydrogens is 398 g/mol. The molecule has 0 aliphatic carbocycles. The van der Waals surface area contributed by atoms with E-state index < -0.39 is 0 Å². The SMILES string of the molecule is CCn1c(=O)[nH]c2cc(CN3CCN(c4ncc(C(=O)NC)cn4)CC3)ccc2c1=O. The van der Waals surface area contributed by atoms with Gasteiger partial charge >= 0.3 is 5.69 Å². The molecule has 0 atom stereocenters. The van der Waals surface area contributed by atoms with Crippen LogP contribution in [-0.4, -0.2) is 63.6 Å². The largest absolute Gasteiger partial charge is 0.355 e. The maximum absolute atomic E-state index is 12.4. The molecule has 0 saturated carbocycles. The van der Waals surface area contributed by atoms with E-state index in [1.807, 2.05) is 12.1 Å². The predicted molar refractivity (Wildman–Crippen MR) is 117 cm³/mol. The lowest BCUT2D eigenvalue weighted by molar-refractivity contribution is 0.0962. The summed E-state index contributed by atoms with van der Waals surface area (Å²) in [4.78, 5) is 52.0. The number of fused-ring (bicyclic) bond motifs is 1. The molecule has 4 rings (SSSR count). The predicted octanol–water partition coefficient (Wildman–Crippen LogP) is 0.182. The molecule has 10 heteroatoms. The molecule has 31 heavy (non-hydrogen) atoms. The monoisotopic (exact) mass is 423 g/mol. The fraction of sp³-hybridized carbons (Fsp3) is 0.381. The van der Waals surface area contributed by atoms with Gasteiger partial charge in [0.15, 0.2) is 0 Å². The second-order valence-corrected chi connectivity index (χ2v) is 7.47. The van der Waals surface area contributed by atoms with Crippen molar-refractivity contribution in [2.75, 3.05) is 38.1 Å². The molecule has 1 aliphatic heterocycles. The Labute approximate surface area is 178 Å². The fourth-order valence-electron chi connectivity index (χ4n) is 3.80. The zero-order valence-electron chi connectivity index (χ0n) is 17.6. The Kier molecular flexibility index (Phi) is 5.81. The van der Waals surface area contributed by atoms with Gasteiger partial charge in [-0.1, -0.05) is 6.07 Å². The van der Waals surface area contributed by atoms with Gasteiger partial charge < -0.3 is 15.2 Å². The highest BCUT2D eigenvalue weighted by Crippen LogP contribution is 2.15. The Morgan fingerprint density at radius 3 is 2.48 bits per heavy atom. The van der Waals surface area contributed by atoms with Crippen LogP contribution in [0.1, 0.15) is 22.8 Å². The number of H-pyrrole nitrogens is 1. The average molecular weight is 423 g/mol. The zero-order valence-corrected chi connectivity index (χ0v) is 17.6. The number of aromatic amines is 1. The molecule has 2 N–H and O–H groups in total. The molecule has 0 unspecified atom stereocenters. The van der Waals surface area contributed by atoms with Crippen LogP contribution in [0.2, 0.25) is 0 Å². The summed E-state index contributed by atoms with van der Waals surface area (Å²) in [5.74, 6) is 0.407. The van der Waals surface area contributed by atoms with Crippen LogP contribution in [0.3, 0.4) is 0 Å². The van der Waals surface area contributed by atoms with E-state index in [0.29, 0.717) is 29.0 Å². The minimum absolute atomic E-state index is 0.207. The van der Waals surface area contributed by atoms with Gasteiger partial charge in [0.25, 0.3) is 11.5 Å². The van der Waals surface area contributed by atoms with Gasteiger partial charge in [0.1, 0.15) is 0 Å². The Hall–Kier alpha value is -3.53. The third-order valence-corrected chi connectivity index (χ3v) is 5.55. The molecule has 0 spiro atoms. The first-order valence-corrected chi connectivity index (χ1v) is 10.3. The number of carbonyl (C=O) groups excluding carboxylic acids is 1. The second-order valence-electron chi connectivity index (χ2n) is 7.47. The van der Waals surface area contributed by atoms with Gasteiger partial charge in [0.05, 0.1) is 16.5 Å². The van der Waals surface area contributed by atoms with E-state index in [4.69, 9.17) is 0 Å². The number of hydrogen-bond donors (Lipinski definition) is 2. The lowest BCUT2D eigenvalue weighted by Gasteiger charge is -2.34. The number of nitrogens with one attached hydrogen (secondary N) is 2. The summed E-state index contributed by atoms with van der Waals surface area (Å²) in [6.45, 7) is 6.03. The standard InChI is InChI=1S/C21H25N7O3/c1-3-28-19(30)16-5-4-14(10-17(16)25-21(28)31)13-26-6-8-27(9-7-26)20-23-11-15(12-24-20)18(29)22-2/h4-5,10-12H,3,6-9,13H2,1-2H3,(H,22,29)(H,25,31). The molecule has 0 bridgehead atoms. The third-order valence-electron chi connectivity index (χ3n) is 5.55. The number of hydrogen-bond acceptors (Lipinski definition) is 7. The Morgan fingerprint density at radius 2 is 1.84 bits per heavy atom. The van der Waals surface area contributed by atoms with Crippen molar-refractivity contribution in [2.24, 2.45) is 0 Å². The second kappa shape index (κ2) is 8.68. The van der Waals surface area contributed by atoms with Crippen LogP contribution in [0.25, 0.3) is 10.9 Å². The van der Waals surface area contributed by atoms with Crippen molar-refractivity contribution in [2.45, 2.75) is 20.0 Å². The van der Waals surface area contributed by atoms with Gasteiger partial charge in [0, 0.05) is 58.7 Å². The smallest absolute Gasteiger partial charge is 0.328 e. The number of amides is 1. The summed E-state index contributed by atoms with van der Waals surface area (Å²) in [7, 11) is 1.57. The maximum Gasteiger partial charge on any atom is 0.328 e. The van der Waals surface area contributed by atoms with E-state index in [2.05, 4.69) is 30.1 Å². The van der Waals surface area contributed by atoms with Crippen molar-refractivity contribution in [3.63, 3.8) is 0 Å². The lowest BCUT2D eigenvalue weighted by atomic mass is 10.1. The van der Waals surface area contributed by atoms with Crippen LogP contribution >= 0.6 is 0 Å². The highest BCUT2D eigenvalue weighted by molar-refractivity contribution is 5.93. The minimum Gasteiger partial charge on any atom is -0.355 e. The molecule has 162 valence electrons. The first kappa shape index (κ1) is 20.7. The fourth-order valence-corrected chi connectivity index (χ4v) is 3.80. The highest BCUT2D eigenvalue weighted by atomic mass is 16.2. The quantitative estimate of drug-likeness (QED) is 0.601. The van der Waals surface area contributed by atoms with Gasteiger partial charge in [-0.25, -0.2) is 14.8 Å². The van der Waals surface area contributed by atoms with Crippen LogP contribution in [0.4, 0.5) is 5.95 Å². The summed E-state index contributed by atoms with van der Waals surface area (Å²) in [6, 6.07) is 5.60. The molecule has 1 aliphatic rings. The topological polar surface area (TPSA) is 116 Å². The number of anilines is 1. The van der Waals surface area contributed by atoms with Crippen LogP contribution in [-0.2, 0) is 13.1 Å². The van der Waals surface area contributed by atoms with Gasteiger partial charge in [-0.05, 0) is 24.6 Å². The zero-order chi connectivity index (χ0) is 22.0. The van der Waals surface area contributed by atoms with Gasteiger partial charge in [-0.3, -0.25) is 19.1 Å². The van der Waals surface area contributed by atoms with E-state index in [1.165, 1.54) is 17.0 Å². The summed E-state index contributed by atoms with van der Waals surface area (Å²) in [6.07, 6.45) is 3.08. The van der Waals surface area contributed by atoms with Crippen molar-refractivity contribution in [3.8, 4) is 0 Å².